The first-order valence-electron chi connectivity index (χ1n) is 7.39. The monoisotopic (exact) mass is 252 g/mol. The summed E-state index contributed by atoms with van der Waals surface area (Å²) in [4.78, 5) is 14.3. The number of nitrogens with two attached hydrogens (primary N) is 1. The molecule has 0 aromatic carbocycles. The van der Waals surface area contributed by atoms with E-state index in [9.17, 15) is 4.79 Å². The number of carbonyl (C=O) groups is 1. The fraction of sp³-hybridized carbons (Fsp3) is 0.933. The van der Waals surface area contributed by atoms with E-state index < -0.39 is 0 Å². The molecule has 2 rings (SSSR count). The van der Waals surface area contributed by atoms with Crippen LogP contribution in [0.3, 0.4) is 0 Å². The molecule has 3 nitrogen and oxygen atoms in total. The zero-order valence-electron chi connectivity index (χ0n) is 12.2. The molecule has 2 aliphatic rings. The van der Waals surface area contributed by atoms with Crippen molar-refractivity contribution in [2.45, 2.75) is 65.3 Å². The molecular weight excluding hydrogens is 224 g/mol. The van der Waals surface area contributed by atoms with Crippen molar-refractivity contribution in [2.24, 2.45) is 16.6 Å². The van der Waals surface area contributed by atoms with Crippen molar-refractivity contribution in [3.05, 3.63) is 0 Å². The SMILES string of the molecule is CC(C)(C)C(N)C(=O)N1CCC2(CCCC2)CC1. The molecule has 2 N–H and O–H groups in total. The molecule has 1 heterocycles. The average Bonchev–Trinajstić information content (AvgIpc) is 2.75. The second-order valence-corrected chi connectivity index (χ2v) is 7.38. The third-order valence-electron chi connectivity index (χ3n) is 5.00. The molecule has 1 aliphatic carbocycles. The van der Waals surface area contributed by atoms with Crippen molar-refractivity contribution in [3.63, 3.8) is 0 Å². The van der Waals surface area contributed by atoms with E-state index in [4.69, 9.17) is 5.73 Å². The van der Waals surface area contributed by atoms with Gasteiger partial charge >= 0.3 is 0 Å². The van der Waals surface area contributed by atoms with Crippen LogP contribution in [-0.2, 0) is 4.79 Å². The van der Waals surface area contributed by atoms with Crippen molar-refractivity contribution in [1.29, 1.82) is 0 Å². The van der Waals surface area contributed by atoms with Crippen molar-refractivity contribution >= 4 is 5.91 Å². The maximum absolute atomic E-state index is 12.3. The second kappa shape index (κ2) is 4.84. The summed E-state index contributed by atoms with van der Waals surface area (Å²) < 4.78 is 0. The first kappa shape index (κ1) is 13.9. The summed E-state index contributed by atoms with van der Waals surface area (Å²) in [6.45, 7) is 7.96. The molecule has 18 heavy (non-hydrogen) atoms. The summed E-state index contributed by atoms with van der Waals surface area (Å²) in [5, 5.41) is 0. The van der Waals surface area contributed by atoms with Crippen LogP contribution in [0.4, 0.5) is 0 Å². The van der Waals surface area contributed by atoms with E-state index >= 15 is 0 Å². The van der Waals surface area contributed by atoms with Gasteiger partial charge in [0, 0.05) is 13.1 Å². The topological polar surface area (TPSA) is 46.3 Å². The Morgan fingerprint density at radius 3 is 2.06 bits per heavy atom. The summed E-state index contributed by atoms with van der Waals surface area (Å²) in [6.07, 6.45) is 7.90. The number of carbonyl (C=O) groups excluding carboxylic acids is 1. The molecule has 1 aliphatic heterocycles. The molecule has 1 saturated heterocycles. The fourth-order valence-electron chi connectivity index (χ4n) is 3.39. The van der Waals surface area contributed by atoms with Gasteiger partial charge in [0.1, 0.15) is 0 Å². The molecule has 0 bridgehead atoms. The van der Waals surface area contributed by atoms with Crippen LogP contribution < -0.4 is 5.73 Å². The number of hydrogen-bond acceptors (Lipinski definition) is 2. The van der Waals surface area contributed by atoms with Gasteiger partial charge < -0.3 is 10.6 Å². The lowest BCUT2D eigenvalue weighted by Gasteiger charge is -2.41. The Morgan fingerprint density at radius 1 is 1.11 bits per heavy atom. The summed E-state index contributed by atoms with van der Waals surface area (Å²) in [5.41, 5.74) is 6.51. The van der Waals surface area contributed by atoms with Gasteiger partial charge in [-0.25, -0.2) is 0 Å². The van der Waals surface area contributed by atoms with Crippen molar-refractivity contribution in [1.82, 2.24) is 4.90 Å². The minimum Gasteiger partial charge on any atom is -0.341 e. The van der Waals surface area contributed by atoms with Crippen LogP contribution in [-0.4, -0.2) is 29.9 Å². The van der Waals surface area contributed by atoms with Crippen LogP contribution in [0.5, 0.6) is 0 Å². The lowest BCUT2D eigenvalue weighted by molar-refractivity contribution is -0.137. The Morgan fingerprint density at radius 2 is 1.61 bits per heavy atom. The summed E-state index contributed by atoms with van der Waals surface area (Å²) >= 11 is 0. The van der Waals surface area contributed by atoms with E-state index in [0.717, 1.165) is 13.1 Å². The number of piperidine rings is 1. The smallest absolute Gasteiger partial charge is 0.240 e. The minimum atomic E-state index is -0.366. The van der Waals surface area contributed by atoms with E-state index in [0.29, 0.717) is 5.41 Å². The zero-order valence-corrected chi connectivity index (χ0v) is 12.2. The molecule has 3 heteroatoms. The molecule has 0 radical (unpaired) electrons. The Bertz CT molecular complexity index is 303. The van der Waals surface area contributed by atoms with Gasteiger partial charge in [-0.05, 0) is 36.5 Å². The van der Waals surface area contributed by atoms with E-state index in [-0.39, 0.29) is 17.4 Å². The zero-order chi connectivity index (χ0) is 13.4. The lowest BCUT2D eigenvalue weighted by atomic mass is 9.76. The third-order valence-corrected chi connectivity index (χ3v) is 5.00. The normalized spacial score (nSPS) is 25.4. The Hall–Kier alpha value is -0.570. The number of rotatable bonds is 1. The molecule has 1 amide bonds. The lowest BCUT2D eigenvalue weighted by Crippen LogP contribution is -2.53. The van der Waals surface area contributed by atoms with E-state index in [2.05, 4.69) is 0 Å². The van der Waals surface area contributed by atoms with Gasteiger partial charge in [-0.3, -0.25) is 4.79 Å². The van der Waals surface area contributed by atoms with Gasteiger partial charge in [0.25, 0.3) is 0 Å². The van der Waals surface area contributed by atoms with Crippen molar-refractivity contribution in [2.75, 3.05) is 13.1 Å². The van der Waals surface area contributed by atoms with Crippen LogP contribution in [0.15, 0.2) is 0 Å². The molecule has 1 saturated carbocycles. The Kier molecular flexibility index (Phi) is 3.72. The number of nitrogens with zero attached hydrogens (tertiary/aromatic N) is 1. The molecule has 1 unspecified atom stereocenters. The summed E-state index contributed by atoms with van der Waals surface area (Å²) in [7, 11) is 0. The molecule has 0 aromatic heterocycles. The van der Waals surface area contributed by atoms with Gasteiger partial charge in [0.05, 0.1) is 6.04 Å². The van der Waals surface area contributed by atoms with Crippen LogP contribution in [0, 0.1) is 10.8 Å². The molecule has 0 aromatic rings. The van der Waals surface area contributed by atoms with Crippen molar-refractivity contribution < 1.29 is 4.79 Å². The maximum atomic E-state index is 12.3. The van der Waals surface area contributed by atoms with Gasteiger partial charge in [0.15, 0.2) is 0 Å². The minimum absolute atomic E-state index is 0.139. The predicted octanol–water partition coefficient (Wildman–Crippen LogP) is 2.54. The average molecular weight is 252 g/mol. The highest BCUT2D eigenvalue weighted by atomic mass is 16.2. The van der Waals surface area contributed by atoms with Gasteiger partial charge in [-0.15, -0.1) is 0 Å². The van der Waals surface area contributed by atoms with E-state index in [1.165, 1.54) is 38.5 Å². The van der Waals surface area contributed by atoms with Gasteiger partial charge in [-0.1, -0.05) is 33.6 Å². The number of likely N-dealkylation sites (tertiary alicyclic amines) is 1. The molecule has 1 atom stereocenters. The van der Waals surface area contributed by atoms with Crippen LogP contribution in [0.1, 0.15) is 59.3 Å². The standard InChI is InChI=1S/C15H28N2O/c1-14(2,3)12(16)13(18)17-10-8-15(9-11-17)6-4-5-7-15/h12H,4-11,16H2,1-3H3. The molecule has 1 spiro atoms. The molecular formula is C15H28N2O. The summed E-state index contributed by atoms with van der Waals surface area (Å²) in [5.74, 6) is 0.148. The third kappa shape index (κ3) is 2.71. The van der Waals surface area contributed by atoms with Gasteiger partial charge in [-0.2, -0.15) is 0 Å². The quantitative estimate of drug-likeness (QED) is 0.779. The molecule has 104 valence electrons. The largest absolute Gasteiger partial charge is 0.341 e. The highest BCUT2D eigenvalue weighted by Crippen LogP contribution is 2.46. The highest BCUT2D eigenvalue weighted by molar-refractivity contribution is 5.82. The Labute approximate surface area is 111 Å². The van der Waals surface area contributed by atoms with Crippen LogP contribution in [0.2, 0.25) is 0 Å². The van der Waals surface area contributed by atoms with E-state index in [1.807, 2.05) is 25.7 Å². The first-order valence-corrected chi connectivity index (χ1v) is 7.39. The van der Waals surface area contributed by atoms with E-state index in [1.54, 1.807) is 0 Å². The Balaban J connectivity index is 1.91. The second-order valence-electron chi connectivity index (χ2n) is 7.38. The maximum Gasteiger partial charge on any atom is 0.240 e. The highest BCUT2D eigenvalue weighted by Gasteiger charge is 2.40. The van der Waals surface area contributed by atoms with Crippen LogP contribution in [0.25, 0.3) is 0 Å². The molecule has 2 fully saturated rings. The summed E-state index contributed by atoms with van der Waals surface area (Å²) in [6, 6.07) is -0.366. The van der Waals surface area contributed by atoms with Crippen molar-refractivity contribution in [3.8, 4) is 0 Å². The number of hydrogen-bond donors (Lipinski definition) is 1. The van der Waals surface area contributed by atoms with Crippen LogP contribution >= 0.6 is 0 Å². The fourth-order valence-corrected chi connectivity index (χ4v) is 3.39. The first-order chi connectivity index (χ1) is 8.34. The van der Waals surface area contributed by atoms with Gasteiger partial charge in [0.2, 0.25) is 5.91 Å². The predicted molar refractivity (Wildman–Crippen MR) is 74.1 cm³/mol. The number of amides is 1.